The van der Waals surface area contributed by atoms with Gasteiger partial charge in [-0.25, -0.2) is 0 Å². The monoisotopic (exact) mass is 303 g/mol. The van der Waals surface area contributed by atoms with E-state index in [1.165, 1.54) is 16.7 Å². The van der Waals surface area contributed by atoms with Gasteiger partial charge in [-0.1, -0.05) is 34.1 Å². The van der Waals surface area contributed by atoms with Crippen molar-refractivity contribution in [2.75, 3.05) is 0 Å². The van der Waals surface area contributed by atoms with Crippen LogP contribution in [0.25, 0.3) is 0 Å². The molecule has 0 bridgehead atoms. The number of fused-ring (bicyclic) bond motifs is 1. The molecular weight excluding hydrogens is 290 g/mol. The van der Waals surface area contributed by atoms with Crippen LogP contribution in [-0.4, -0.2) is 0 Å². The van der Waals surface area contributed by atoms with Crippen LogP contribution in [0.4, 0.5) is 0 Å². The second-order valence-electron chi connectivity index (χ2n) is 4.45. The largest absolute Gasteiger partial charge is 0.489 e. The van der Waals surface area contributed by atoms with Gasteiger partial charge in [-0.15, -0.1) is 0 Å². The number of nitrogens with one attached hydrogen (secondary N) is 1. The highest BCUT2D eigenvalue weighted by Crippen LogP contribution is 2.20. The smallest absolute Gasteiger partial charge is 0.119 e. The first-order chi connectivity index (χ1) is 8.81. The minimum Gasteiger partial charge on any atom is -0.489 e. The lowest BCUT2D eigenvalue weighted by Gasteiger charge is -2.07. The second kappa shape index (κ2) is 5.12. The molecule has 0 saturated carbocycles. The molecule has 2 nitrogen and oxygen atoms in total. The van der Waals surface area contributed by atoms with Crippen LogP contribution in [0.3, 0.4) is 0 Å². The molecule has 1 aliphatic heterocycles. The topological polar surface area (TPSA) is 21.3 Å². The Kier molecular flexibility index (Phi) is 3.35. The Labute approximate surface area is 115 Å². The molecule has 3 heteroatoms. The van der Waals surface area contributed by atoms with Crippen LogP contribution in [0.1, 0.15) is 16.7 Å². The minimum atomic E-state index is 0.620. The summed E-state index contributed by atoms with van der Waals surface area (Å²) in [6, 6.07) is 14.5. The van der Waals surface area contributed by atoms with E-state index in [2.05, 4.69) is 39.4 Å². The van der Waals surface area contributed by atoms with Crippen LogP contribution in [0.5, 0.6) is 5.75 Å². The lowest BCUT2D eigenvalue weighted by Crippen LogP contribution is -2.00. The van der Waals surface area contributed by atoms with E-state index in [0.29, 0.717) is 6.61 Å². The maximum atomic E-state index is 5.77. The molecular formula is C15H14BrNO. The van der Waals surface area contributed by atoms with Crippen LogP contribution in [0, 0.1) is 0 Å². The number of benzene rings is 2. The molecule has 1 aliphatic rings. The average Bonchev–Trinajstić information content (AvgIpc) is 2.85. The van der Waals surface area contributed by atoms with Gasteiger partial charge < -0.3 is 10.1 Å². The summed E-state index contributed by atoms with van der Waals surface area (Å²) >= 11 is 3.41. The van der Waals surface area contributed by atoms with E-state index >= 15 is 0 Å². The molecule has 18 heavy (non-hydrogen) atoms. The van der Waals surface area contributed by atoms with Crippen molar-refractivity contribution in [3.63, 3.8) is 0 Å². The fourth-order valence-electron chi connectivity index (χ4n) is 2.14. The molecule has 0 spiro atoms. The summed E-state index contributed by atoms with van der Waals surface area (Å²) in [6.45, 7) is 2.58. The fourth-order valence-corrected chi connectivity index (χ4v) is 2.40. The zero-order valence-corrected chi connectivity index (χ0v) is 11.5. The Balaban J connectivity index is 1.68. The summed E-state index contributed by atoms with van der Waals surface area (Å²) in [7, 11) is 0. The third-order valence-corrected chi connectivity index (χ3v) is 3.65. The molecule has 0 saturated heterocycles. The average molecular weight is 304 g/mol. The number of ether oxygens (including phenoxy) is 1. The van der Waals surface area contributed by atoms with Crippen LogP contribution in [0.15, 0.2) is 46.9 Å². The van der Waals surface area contributed by atoms with Crippen molar-refractivity contribution in [3.05, 3.63) is 63.6 Å². The Hall–Kier alpha value is -1.32. The normalized spacial score (nSPS) is 13.4. The van der Waals surface area contributed by atoms with Crippen molar-refractivity contribution < 1.29 is 4.74 Å². The molecule has 0 atom stereocenters. The highest BCUT2D eigenvalue weighted by atomic mass is 79.9. The van der Waals surface area contributed by atoms with E-state index in [-0.39, 0.29) is 0 Å². The van der Waals surface area contributed by atoms with E-state index in [9.17, 15) is 0 Å². The standard InChI is InChI=1S/C15H14BrNO/c16-14-3-5-15(6-4-14)18-10-11-1-2-12-8-17-9-13(12)7-11/h1-7,17H,8-10H2. The Bertz CT molecular complexity index is 551. The minimum absolute atomic E-state index is 0.620. The molecule has 0 aromatic heterocycles. The van der Waals surface area contributed by atoms with Crippen molar-refractivity contribution >= 4 is 15.9 Å². The number of halogens is 1. The fraction of sp³-hybridized carbons (Fsp3) is 0.200. The van der Waals surface area contributed by atoms with E-state index in [0.717, 1.165) is 23.3 Å². The number of hydrogen-bond donors (Lipinski definition) is 1. The van der Waals surface area contributed by atoms with Gasteiger partial charge in [0.05, 0.1) is 0 Å². The van der Waals surface area contributed by atoms with E-state index in [1.54, 1.807) is 0 Å². The second-order valence-corrected chi connectivity index (χ2v) is 5.36. The Morgan fingerprint density at radius 1 is 1.00 bits per heavy atom. The van der Waals surface area contributed by atoms with Crippen molar-refractivity contribution in [1.82, 2.24) is 5.32 Å². The summed E-state index contributed by atoms with van der Waals surface area (Å²) in [5.41, 5.74) is 4.02. The predicted molar refractivity (Wildman–Crippen MR) is 75.5 cm³/mol. The number of hydrogen-bond acceptors (Lipinski definition) is 2. The number of rotatable bonds is 3. The van der Waals surface area contributed by atoms with Gasteiger partial charge in [0, 0.05) is 17.6 Å². The summed E-state index contributed by atoms with van der Waals surface area (Å²) in [6.07, 6.45) is 0. The Morgan fingerprint density at radius 3 is 2.61 bits per heavy atom. The zero-order chi connectivity index (χ0) is 12.4. The van der Waals surface area contributed by atoms with Gasteiger partial charge in [-0.05, 0) is 41.0 Å². The summed E-state index contributed by atoms with van der Waals surface area (Å²) in [4.78, 5) is 0. The maximum absolute atomic E-state index is 5.77. The SMILES string of the molecule is Brc1ccc(OCc2ccc3c(c2)CNC3)cc1. The molecule has 2 aromatic carbocycles. The third-order valence-electron chi connectivity index (χ3n) is 3.12. The first kappa shape index (κ1) is 11.8. The summed E-state index contributed by atoms with van der Waals surface area (Å²) in [5, 5.41) is 3.35. The lowest BCUT2D eigenvalue weighted by molar-refractivity contribution is 0.306. The van der Waals surface area contributed by atoms with Crippen LogP contribution in [0.2, 0.25) is 0 Å². The van der Waals surface area contributed by atoms with Crippen molar-refractivity contribution in [3.8, 4) is 5.75 Å². The molecule has 0 unspecified atom stereocenters. The third kappa shape index (κ3) is 2.57. The molecule has 0 fully saturated rings. The molecule has 0 aliphatic carbocycles. The van der Waals surface area contributed by atoms with E-state index in [4.69, 9.17) is 4.74 Å². The van der Waals surface area contributed by atoms with Crippen LogP contribution >= 0.6 is 15.9 Å². The van der Waals surface area contributed by atoms with Gasteiger partial charge in [0.2, 0.25) is 0 Å². The van der Waals surface area contributed by atoms with Crippen LogP contribution < -0.4 is 10.1 Å². The van der Waals surface area contributed by atoms with Gasteiger partial charge in [0.1, 0.15) is 12.4 Å². The molecule has 0 amide bonds. The van der Waals surface area contributed by atoms with Gasteiger partial charge in [-0.3, -0.25) is 0 Å². The van der Waals surface area contributed by atoms with Crippen molar-refractivity contribution in [2.45, 2.75) is 19.7 Å². The van der Waals surface area contributed by atoms with E-state index < -0.39 is 0 Å². The van der Waals surface area contributed by atoms with E-state index in [1.807, 2.05) is 24.3 Å². The highest BCUT2D eigenvalue weighted by Gasteiger charge is 2.09. The van der Waals surface area contributed by atoms with Gasteiger partial charge in [-0.2, -0.15) is 0 Å². The molecule has 0 radical (unpaired) electrons. The molecule has 2 aromatic rings. The van der Waals surface area contributed by atoms with Crippen LogP contribution in [-0.2, 0) is 19.7 Å². The first-order valence-electron chi connectivity index (χ1n) is 6.01. The maximum Gasteiger partial charge on any atom is 0.119 e. The molecule has 3 rings (SSSR count). The highest BCUT2D eigenvalue weighted by molar-refractivity contribution is 9.10. The molecule has 92 valence electrons. The predicted octanol–water partition coefficient (Wildman–Crippen LogP) is 3.63. The van der Waals surface area contributed by atoms with Crippen molar-refractivity contribution in [2.24, 2.45) is 0 Å². The summed E-state index contributed by atoms with van der Waals surface area (Å²) < 4.78 is 6.83. The quantitative estimate of drug-likeness (QED) is 0.935. The summed E-state index contributed by atoms with van der Waals surface area (Å²) in [5.74, 6) is 0.900. The molecule has 1 N–H and O–H groups in total. The Morgan fingerprint density at radius 2 is 1.78 bits per heavy atom. The zero-order valence-electron chi connectivity index (χ0n) is 9.95. The van der Waals surface area contributed by atoms with Crippen molar-refractivity contribution in [1.29, 1.82) is 0 Å². The van der Waals surface area contributed by atoms with Gasteiger partial charge in [0.15, 0.2) is 0 Å². The lowest BCUT2D eigenvalue weighted by atomic mass is 10.1. The van der Waals surface area contributed by atoms with Gasteiger partial charge in [0.25, 0.3) is 0 Å². The van der Waals surface area contributed by atoms with Gasteiger partial charge >= 0.3 is 0 Å². The first-order valence-corrected chi connectivity index (χ1v) is 6.80. The molecule has 1 heterocycles.